The molecule has 1 unspecified atom stereocenters. The number of nitrogens with zero attached hydrogens (tertiary/aromatic N) is 2. The van der Waals surface area contributed by atoms with E-state index < -0.39 is 0 Å². The summed E-state index contributed by atoms with van der Waals surface area (Å²) in [6.45, 7) is 1.97. The molecule has 124 valence electrons. The zero-order valence-corrected chi connectivity index (χ0v) is 13.8. The molecule has 1 atom stereocenters. The number of H-pyrrole nitrogens is 1. The number of benzene rings is 1. The summed E-state index contributed by atoms with van der Waals surface area (Å²) in [5.74, 6) is 0. The van der Waals surface area contributed by atoms with Crippen LogP contribution in [0.5, 0.6) is 0 Å². The van der Waals surface area contributed by atoms with Crippen LogP contribution in [0.1, 0.15) is 18.5 Å². The van der Waals surface area contributed by atoms with Crippen LogP contribution in [0.15, 0.2) is 71.7 Å². The molecule has 4 rings (SSSR count). The smallest absolute Gasteiger partial charge is 0.138 e. The van der Waals surface area contributed by atoms with Gasteiger partial charge in [-0.1, -0.05) is 35.5 Å². The van der Waals surface area contributed by atoms with Crippen molar-refractivity contribution in [1.82, 2.24) is 9.97 Å². The number of allylic oxidation sites excluding steroid dienone is 2. The van der Waals surface area contributed by atoms with E-state index in [2.05, 4.69) is 38.6 Å². The average molecular weight is 330 g/mol. The van der Waals surface area contributed by atoms with Crippen LogP contribution in [-0.2, 0) is 0 Å². The molecule has 3 heterocycles. The van der Waals surface area contributed by atoms with E-state index in [9.17, 15) is 0 Å². The minimum atomic E-state index is -0.0884. The summed E-state index contributed by atoms with van der Waals surface area (Å²) in [7, 11) is 0. The van der Waals surface area contributed by atoms with Gasteiger partial charge in [0, 0.05) is 34.6 Å². The molecule has 0 spiro atoms. The standard InChI is InChI=1S/C20H18N4O/c1-2-5-13(8-11-23-25)19-16-12-22-20-18(16)15(9-10-21-20)14-6-3-4-7-17(14)24-19/h2-12,19,24-25H,1H3,(H,21,22)/b5-2-,13-8+,23-11+. The summed E-state index contributed by atoms with van der Waals surface area (Å²) in [4.78, 5) is 7.75. The molecular formula is C20H18N4O. The van der Waals surface area contributed by atoms with E-state index >= 15 is 0 Å². The van der Waals surface area contributed by atoms with Gasteiger partial charge in [0.2, 0.25) is 0 Å². The molecule has 5 heteroatoms. The Kier molecular flexibility index (Phi) is 3.82. The fourth-order valence-corrected chi connectivity index (χ4v) is 3.43. The molecule has 3 aromatic rings. The first-order valence-corrected chi connectivity index (χ1v) is 8.15. The van der Waals surface area contributed by atoms with Gasteiger partial charge in [0.05, 0.1) is 12.3 Å². The normalized spacial score (nSPS) is 17.0. The monoisotopic (exact) mass is 330 g/mol. The van der Waals surface area contributed by atoms with Gasteiger partial charge >= 0.3 is 0 Å². The van der Waals surface area contributed by atoms with Crippen LogP contribution in [0.4, 0.5) is 5.69 Å². The van der Waals surface area contributed by atoms with E-state index in [4.69, 9.17) is 5.21 Å². The zero-order valence-electron chi connectivity index (χ0n) is 13.8. The molecule has 1 aliphatic heterocycles. The van der Waals surface area contributed by atoms with Crippen molar-refractivity contribution in [2.75, 3.05) is 5.32 Å². The fourth-order valence-electron chi connectivity index (χ4n) is 3.43. The summed E-state index contributed by atoms with van der Waals surface area (Å²) >= 11 is 0. The highest BCUT2D eigenvalue weighted by molar-refractivity contribution is 6.01. The number of pyridine rings is 1. The Morgan fingerprint density at radius 3 is 2.96 bits per heavy atom. The van der Waals surface area contributed by atoms with Gasteiger partial charge in [0.1, 0.15) is 5.65 Å². The summed E-state index contributed by atoms with van der Waals surface area (Å²) in [6, 6.07) is 10.2. The lowest BCUT2D eigenvalue weighted by molar-refractivity contribution is 0.322. The number of hydrogen-bond donors (Lipinski definition) is 3. The first-order chi connectivity index (χ1) is 12.3. The van der Waals surface area contributed by atoms with E-state index in [-0.39, 0.29) is 6.04 Å². The van der Waals surface area contributed by atoms with Crippen LogP contribution >= 0.6 is 0 Å². The number of aromatic nitrogens is 2. The van der Waals surface area contributed by atoms with Crippen molar-refractivity contribution in [2.24, 2.45) is 5.16 Å². The number of para-hydroxylation sites is 1. The number of rotatable bonds is 3. The number of aromatic amines is 1. The second-order valence-corrected chi connectivity index (χ2v) is 5.88. The van der Waals surface area contributed by atoms with Gasteiger partial charge in [-0.3, -0.25) is 0 Å². The SMILES string of the molecule is C\C=C/C(=C\C=N\O)C1Nc2ccccc2-c2ccnc3[nH]cc1c23. The van der Waals surface area contributed by atoms with Crippen molar-refractivity contribution >= 4 is 22.9 Å². The van der Waals surface area contributed by atoms with Crippen LogP contribution < -0.4 is 5.32 Å². The van der Waals surface area contributed by atoms with Gasteiger partial charge in [-0.15, -0.1) is 0 Å². The quantitative estimate of drug-likeness (QED) is 0.283. The Balaban J connectivity index is 2.02. The molecule has 1 aliphatic rings. The van der Waals surface area contributed by atoms with Crippen molar-refractivity contribution in [3.05, 3.63) is 72.1 Å². The minimum absolute atomic E-state index is 0.0884. The number of oxime groups is 1. The minimum Gasteiger partial charge on any atom is -0.411 e. The van der Waals surface area contributed by atoms with Crippen LogP contribution in [0.25, 0.3) is 22.2 Å². The van der Waals surface area contributed by atoms with E-state index in [0.717, 1.165) is 39.0 Å². The van der Waals surface area contributed by atoms with Crippen molar-refractivity contribution in [3.63, 3.8) is 0 Å². The largest absolute Gasteiger partial charge is 0.411 e. The van der Waals surface area contributed by atoms with Crippen molar-refractivity contribution in [1.29, 1.82) is 0 Å². The van der Waals surface area contributed by atoms with Gasteiger partial charge in [0.15, 0.2) is 0 Å². The summed E-state index contributed by atoms with van der Waals surface area (Å²) in [5, 5.41) is 16.7. The Morgan fingerprint density at radius 2 is 2.12 bits per heavy atom. The third-order valence-electron chi connectivity index (χ3n) is 4.46. The molecule has 1 aromatic carbocycles. The van der Waals surface area contributed by atoms with Crippen molar-refractivity contribution < 1.29 is 5.21 Å². The number of fused-ring (bicyclic) bond motifs is 2. The lowest BCUT2D eigenvalue weighted by Crippen LogP contribution is -2.12. The highest BCUT2D eigenvalue weighted by atomic mass is 16.4. The van der Waals surface area contributed by atoms with Gasteiger partial charge in [-0.2, -0.15) is 0 Å². The van der Waals surface area contributed by atoms with Gasteiger partial charge in [-0.25, -0.2) is 4.98 Å². The first kappa shape index (κ1) is 15.2. The van der Waals surface area contributed by atoms with E-state index in [0.29, 0.717) is 0 Å². The third-order valence-corrected chi connectivity index (χ3v) is 4.46. The average Bonchev–Trinajstić information content (AvgIpc) is 3.01. The second kappa shape index (κ2) is 6.28. The summed E-state index contributed by atoms with van der Waals surface area (Å²) < 4.78 is 0. The lowest BCUT2D eigenvalue weighted by Gasteiger charge is -2.20. The van der Waals surface area contributed by atoms with Crippen LogP contribution in [-0.4, -0.2) is 21.4 Å². The topological polar surface area (TPSA) is 73.3 Å². The summed E-state index contributed by atoms with van der Waals surface area (Å²) in [6.07, 6.45) is 11.0. The summed E-state index contributed by atoms with van der Waals surface area (Å²) in [5.41, 5.74) is 6.34. The number of anilines is 1. The van der Waals surface area contributed by atoms with E-state index in [1.807, 2.05) is 43.6 Å². The Morgan fingerprint density at radius 1 is 1.24 bits per heavy atom. The molecule has 5 nitrogen and oxygen atoms in total. The molecule has 0 aliphatic carbocycles. The maximum atomic E-state index is 8.83. The Bertz CT molecular complexity index is 1010. The predicted molar refractivity (Wildman–Crippen MR) is 101 cm³/mol. The molecule has 0 fully saturated rings. The maximum Gasteiger partial charge on any atom is 0.138 e. The molecule has 25 heavy (non-hydrogen) atoms. The Hall–Kier alpha value is -3.34. The predicted octanol–water partition coefficient (Wildman–Crippen LogP) is 4.66. The number of hydrogen-bond acceptors (Lipinski definition) is 4. The molecular weight excluding hydrogens is 312 g/mol. The highest BCUT2D eigenvalue weighted by Crippen LogP contribution is 2.43. The van der Waals surface area contributed by atoms with Crippen LogP contribution in [0, 0.1) is 0 Å². The lowest BCUT2D eigenvalue weighted by atomic mass is 9.96. The van der Waals surface area contributed by atoms with Crippen LogP contribution in [0.3, 0.4) is 0 Å². The van der Waals surface area contributed by atoms with Gasteiger partial charge in [0.25, 0.3) is 0 Å². The highest BCUT2D eigenvalue weighted by Gasteiger charge is 2.26. The molecule has 0 radical (unpaired) electrons. The first-order valence-electron chi connectivity index (χ1n) is 8.15. The van der Waals surface area contributed by atoms with Crippen LogP contribution in [0.2, 0.25) is 0 Å². The third kappa shape index (κ3) is 2.50. The number of nitrogens with one attached hydrogen (secondary N) is 2. The van der Waals surface area contributed by atoms with Gasteiger partial charge < -0.3 is 15.5 Å². The van der Waals surface area contributed by atoms with E-state index in [1.54, 1.807) is 6.08 Å². The van der Waals surface area contributed by atoms with E-state index in [1.165, 1.54) is 6.21 Å². The molecule has 3 N–H and O–H groups in total. The maximum absolute atomic E-state index is 8.83. The molecule has 2 aromatic heterocycles. The fraction of sp³-hybridized carbons (Fsp3) is 0.100. The molecule has 0 amide bonds. The second-order valence-electron chi connectivity index (χ2n) is 5.88. The van der Waals surface area contributed by atoms with Crippen molar-refractivity contribution in [3.8, 4) is 11.1 Å². The van der Waals surface area contributed by atoms with Crippen molar-refractivity contribution in [2.45, 2.75) is 13.0 Å². The molecule has 0 saturated carbocycles. The molecule has 0 bridgehead atoms. The van der Waals surface area contributed by atoms with Gasteiger partial charge in [-0.05, 0) is 36.3 Å². The molecule has 0 saturated heterocycles. The Labute approximate surface area is 145 Å². The zero-order chi connectivity index (χ0) is 17.2.